The molecule has 1 aliphatic rings. The molecule has 0 saturated heterocycles. The van der Waals surface area contributed by atoms with Crippen LogP contribution in [0.5, 0.6) is 0 Å². The zero-order chi connectivity index (χ0) is 27.2. The molecule has 0 fully saturated rings. The number of fused-ring (bicyclic) bond motifs is 1. The second-order valence-corrected chi connectivity index (χ2v) is 10.4. The summed E-state index contributed by atoms with van der Waals surface area (Å²) in [5.74, 6) is -0.0543. The van der Waals surface area contributed by atoms with Crippen LogP contribution in [0.1, 0.15) is 77.4 Å². The molecule has 5 rings (SSSR count). The van der Waals surface area contributed by atoms with Crippen LogP contribution in [0.2, 0.25) is 0 Å². The molecular weight excluding hydrogens is 480 g/mol. The molecule has 2 atom stereocenters. The van der Waals surface area contributed by atoms with E-state index in [0.717, 1.165) is 23.4 Å². The third-order valence-corrected chi connectivity index (χ3v) is 7.63. The summed E-state index contributed by atoms with van der Waals surface area (Å²) in [6, 6.07) is 35.1. The highest BCUT2D eigenvalue weighted by molar-refractivity contribution is 6.09. The van der Waals surface area contributed by atoms with Gasteiger partial charge in [-0.1, -0.05) is 86.5 Å². The molecule has 1 heterocycles. The first kappa shape index (κ1) is 26.4. The lowest BCUT2D eigenvalue weighted by atomic mass is 9.89. The third-order valence-electron chi connectivity index (χ3n) is 7.63. The van der Waals surface area contributed by atoms with Gasteiger partial charge in [0.05, 0.1) is 6.04 Å². The number of amides is 2. The van der Waals surface area contributed by atoms with Crippen molar-refractivity contribution < 1.29 is 9.59 Å². The number of para-hydroxylation sites is 2. The molecule has 0 bridgehead atoms. The Morgan fingerprint density at radius 2 is 1.41 bits per heavy atom. The number of hydrogen-bond acceptors (Lipinski definition) is 2. The minimum atomic E-state index is -0.212. The Morgan fingerprint density at radius 3 is 2.10 bits per heavy atom. The van der Waals surface area contributed by atoms with Gasteiger partial charge in [-0.05, 0) is 79.8 Å². The van der Waals surface area contributed by atoms with Gasteiger partial charge in [0, 0.05) is 28.5 Å². The van der Waals surface area contributed by atoms with Gasteiger partial charge in [-0.2, -0.15) is 0 Å². The largest absolute Gasteiger partial charge is 0.305 e. The molecular formula is C35H36N2O2. The van der Waals surface area contributed by atoms with E-state index in [0.29, 0.717) is 17.5 Å². The molecule has 4 nitrogen and oxygen atoms in total. The van der Waals surface area contributed by atoms with E-state index in [1.165, 1.54) is 24.8 Å². The monoisotopic (exact) mass is 516 g/mol. The van der Waals surface area contributed by atoms with Crippen LogP contribution in [0.15, 0.2) is 109 Å². The fourth-order valence-electron chi connectivity index (χ4n) is 5.62. The molecule has 0 radical (unpaired) electrons. The second-order valence-electron chi connectivity index (χ2n) is 10.4. The van der Waals surface area contributed by atoms with Crippen molar-refractivity contribution in [3.63, 3.8) is 0 Å². The topological polar surface area (TPSA) is 40.6 Å². The minimum absolute atomic E-state index is 0.00541. The first-order valence-electron chi connectivity index (χ1n) is 14.0. The van der Waals surface area contributed by atoms with E-state index >= 15 is 0 Å². The average molecular weight is 517 g/mol. The van der Waals surface area contributed by atoms with E-state index in [1.807, 2.05) is 101 Å². The Bertz CT molecular complexity index is 1400. The molecule has 0 aliphatic carbocycles. The number of carbonyl (C=O) groups is 2. The van der Waals surface area contributed by atoms with Crippen molar-refractivity contribution in [3.05, 3.63) is 131 Å². The van der Waals surface area contributed by atoms with Gasteiger partial charge in [0.15, 0.2) is 0 Å². The second kappa shape index (κ2) is 12.1. The molecule has 4 heteroatoms. The van der Waals surface area contributed by atoms with Crippen LogP contribution >= 0.6 is 0 Å². The predicted octanol–water partition coefficient (Wildman–Crippen LogP) is 8.25. The molecule has 0 N–H and O–H groups in total. The van der Waals surface area contributed by atoms with Crippen LogP contribution in [0.4, 0.5) is 11.4 Å². The van der Waals surface area contributed by atoms with E-state index in [2.05, 4.69) is 32.0 Å². The smallest absolute Gasteiger partial charge is 0.258 e. The molecule has 198 valence electrons. The van der Waals surface area contributed by atoms with Crippen LogP contribution < -0.4 is 9.80 Å². The first-order chi connectivity index (χ1) is 19.1. The predicted molar refractivity (Wildman–Crippen MR) is 159 cm³/mol. The number of nitrogens with zero attached hydrogens (tertiary/aromatic N) is 2. The fourth-order valence-corrected chi connectivity index (χ4v) is 5.62. The number of benzene rings is 4. The molecule has 0 spiro atoms. The molecule has 1 aliphatic heterocycles. The van der Waals surface area contributed by atoms with Crippen LogP contribution in [-0.4, -0.2) is 17.9 Å². The van der Waals surface area contributed by atoms with Gasteiger partial charge in [0.2, 0.25) is 0 Å². The average Bonchev–Trinajstić information content (AvgIpc) is 2.98. The molecule has 0 aromatic heterocycles. The molecule has 0 saturated carbocycles. The highest BCUT2D eigenvalue weighted by Gasteiger charge is 2.39. The van der Waals surface area contributed by atoms with Crippen LogP contribution in [-0.2, 0) is 6.42 Å². The van der Waals surface area contributed by atoms with Gasteiger partial charge in [0.25, 0.3) is 11.8 Å². The van der Waals surface area contributed by atoms with E-state index in [1.54, 1.807) is 0 Å². The summed E-state index contributed by atoms with van der Waals surface area (Å²) in [6.07, 6.45) is 5.25. The fraction of sp³-hybridized carbons (Fsp3) is 0.257. The highest BCUT2D eigenvalue weighted by Crippen LogP contribution is 2.43. The number of rotatable bonds is 8. The highest BCUT2D eigenvalue weighted by atomic mass is 16.2. The Hall–Kier alpha value is -4.18. The van der Waals surface area contributed by atoms with Gasteiger partial charge < -0.3 is 9.80 Å². The summed E-state index contributed by atoms with van der Waals surface area (Å²) in [7, 11) is 0. The number of aryl methyl sites for hydroxylation is 1. The Morgan fingerprint density at radius 1 is 0.769 bits per heavy atom. The van der Waals surface area contributed by atoms with E-state index in [-0.39, 0.29) is 23.9 Å². The maximum atomic E-state index is 14.0. The standard InChI is InChI=1S/C35H36N2O2/c1-3-4-7-14-27-21-23-29(24-22-27)34(38)36-26(2)25-33(31-19-12-13-20-32(31)36)37(30-17-10-6-11-18-30)35(39)28-15-8-5-9-16-28/h5-6,8-13,15-24,26,33H,3-4,7,14,25H2,1-2H3/t26-,33+/m0/s1. The summed E-state index contributed by atoms with van der Waals surface area (Å²) in [5, 5.41) is 0. The number of hydrogen-bond donors (Lipinski definition) is 0. The van der Waals surface area contributed by atoms with Gasteiger partial charge in [0.1, 0.15) is 0 Å². The Labute approximate surface area is 231 Å². The summed E-state index contributed by atoms with van der Waals surface area (Å²) >= 11 is 0. The van der Waals surface area contributed by atoms with Crippen molar-refractivity contribution in [2.45, 2.75) is 58.0 Å². The SMILES string of the molecule is CCCCCc1ccc(C(=O)N2c3ccccc3[C@H](N(C(=O)c3ccccc3)c3ccccc3)C[C@@H]2C)cc1. The lowest BCUT2D eigenvalue weighted by Gasteiger charge is -2.43. The summed E-state index contributed by atoms with van der Waals surface area (Å²) in [6.45, 7) is 4.29. The van der Waals surface area contributed by atoms with Crippen molar-refractivity contribution in [3.8, 4) is 0 Å². The molecule has 39 heavy (non-hydrogen) atoms. The van der Waals surface area contributed by atoms with Crippen molar-refractivity contribution >= 4 is 23.2 Å². The molecule has 4 aromatic carbocycles. The lowest BCUT2D eigenvalue weighted by Crippen LogP contribution is -2.47. The summed E-state index contributed by atoms with van der Waals surface area (Å²) < 4.78 is 0. The number of unbranched alkanes of at least 4 members (excludes halogenated alkanes) is 2. The van der Waals surface area contributed by atoms with Gasteiger partial charge in [-0.3, -0.25) is 9.59 Å². The number of anilines is 2. The zero-order valence-electron chi connectivity index (χ0n) is 22.8. The maximum absolute atomic E-state index is 14.0. The zero-order valence-corrected chi connectivity index (χ0v) is 22.8. The van der Waals surface area contributed by atoms with Crippen LogP contribution in [0.25, 0.3) is 0 Å². The quantitative estimate of drug-likeness (QED) is 0.221. The molecule has 4 aromatic rings. The van der Waals surface area contributed by atoms with Crippen molar-refractivity contribution in [2.24, 2.45) is 0 Å². The van der Waals surface area contributed by atoms with Crippen molar-refractivity contribution in [1.29, 1.82) is 0 Å². The number of carbonyl (C=O) groups excluding carboxylic acids is 2. The van der Waals surface area contributed by atoms with Gasteiger partial charge in [-0.25, -0.2) is 0 Å². The normalized spacial score (nSPS) is 16.4. The lowest BCUT2D eigenvalue weighted by molar-refractivity contribution is 0.0965. The van der Waals surface area contributed by atoms with Gasteiger partial charge >= 0.3 is 0 Å². The van der Waals surface area contributed by atoms with E-state index in [4.69, 9.17) is 0 Å². The van der Waals surface area contributed by atoms with E-state index in [9.17, 15) is 9.59 Å². The Balaban J connectivity index is 1.50. The summed E-state index contributed by atoms with van der Waals surface area (Å²) in [4.78, 5) is 31.7. The van der Waals surface area contributed by atoms with Gasteiger partial charge in [-0.15, -0.1) is 0 Å². The van der Waals surface area contributed by atoms with Crippen molar-refractivity contribution in [2.75, 3.05) is 9.80 Å². The van der Waals surface area contributed by atoms with E-state index < -0.39 is 0 Å². The minimum Gasteiger partial charge on any atom is -0.305 e. The van der Waals surface area contributed by atoms with Crippen LogP contribution in [0.3, 0.4) is 0 Å². The Kier molecular flexibility index (Phi) is 8.21. The summed E-state index contributed by atoms with van der Waals surface area (Å²) in [5.41, 5.74) is 5.29. The first-order valence-corrected chi connectivity index (χ1v) is 14.0. The van der Waals surface area contributed by atoms with Crippen LogP contribution in [0, 0.1) is 0 Å². The molecule has 2 amide bonds. The van der Waals surface area contributed by atoms with Crippen molar-refractivity contribution in [1.82, 2.24) is 0 Å². The third kappa shape index (κ3) is 5.65. The maximum Gasteiger partial charge on any atom is 0.258 e. The molecule has 0 unspecified atom stereocenters.